The van der Waals surface area contributed by atoms with Crippen LogP contribution in [0.4, 0.5) is 0 Å². The minimum absolute atomic E-state index is 0.0288. The lowest BCUT2D eigenvalue weighted by molar-refractivity contribution is -0.120. The molecule has 0 spiro atoms. The molecule has 1 fully saturated rings. The molecule has 1 saturated carbocycles. The van der Waals surface area contributed by atoms with E-state index in [0.29, 0.717) is 18.2 Å². The van der Waals surface area contributed by atoms with Gasteiger partial charge in [0.1, 0.15) is 0 Å². The van der Waals surface area contributed by atoms with E-state index in [0.717, 1.165) is 30.6 Å². The fourth-order valence-electron chi connectivity index (χ4n) is 2.37. The zero-order chi connectivity index (χ0) is 14.4. The first kappa shape index (κ1) is 15.3. The summed E-state index contributed by atoms with van der Waals surface area (Å²) >= 11 is 1.48. The van der Waals surface area contributed by atoms with Crippen molar-refractivity contribution in [3.05, 3.63) is 24.5 Å². The third kappa shape index (κ3) is 4.80. The molecule has 0 radical (unpaired) electrons. The maximum Gasteiger partial charge on any atom is 0.230 e. The summed E-state index contributed by atoms with van der Waals surface area (Å²) in [6, 6.07) is 3.77. The van der Waals surface area contributed by atoms with E-state index < -0.39 is 5.60 Å². The van der Waals surface area contributed by atoms with Crippen molar-refractivity contribution in [3.63, 3.8) is 0 Å². The maximum atomic E-state index is 11.8. The van der Waals surface area contributed by atoms with Gasteiger partial charge in [-0.05, 0) is 43.7 Å². The van der Waals surface area contributed by atoms with Gasteiger partial charge in [0.05, 0.1) is 11.4 Å². The molecule has 0 saturated heterocycles. The number of nitrogens with zero attached hydrogens (tertiary/aromatic N) is 1. The van der Waals surface area contributed by atoms with Crippen molar-refractivity contribution >= 4 is 17.7 Å². The molecule has 1 aliphatic rings. The maximum absolute atomic E-state index is 11.8. The van der Waals surface area contributed by atoms with Gasteiger partial charge in [-0.1, -0.05) is 6.92 Å². The van der Waals surface area contributed by atoms with E-state index in [9.17, 15) is 9.90 Å². The van der Waals surface area contributed by atoms with Crippen LogP contribution in [0, 0.1) is 5.92 Å². The molecule has 1 aromatic rings. The van der Waals surface area contributed by atoms with Crippen molar-refractivity contribution in [1.29, 1.82) is 0 Å². The van der Waals surface area contributed by atoms with Crippen LogP contribution in [0.25, 0.3) is 0 Å². The Morgan fingerprint density at radius 3 is 2.75 bits per heavy atom. The van der Waals surface area contributed by atoms with Gasteiger partial charge >= 0.3 is 0 Å². The summed E-state index contributed by atoms with van der Waals surface area (Å²) in [4.78, 5) is 16.8. The lowest BCUT2D eigenvalue weighted by Gasteiger charge is -2.34. The lowest BCUT2D eigenvalue weighted by atomic mass is 9.79. The van der Waals surface area contributed by atoms with Gasteiger partial charge in [-0.3, -0.25) is 9.78 Å². The first-order valence-electron chi connectivity index (χ1n) is 7.09. The summed E-state index contributed by atoms with van der Waals surface area (Å²) in [6.07, 6.45) is 7.08. The standard InChI is InChI=1S/C15H22N2O2S/c1-12-2-6-15(19,7-3-12)11-17-14(18)10-20-13-4-8-16-9-5-13/h4-5,8-9,12,19H,2-3,6-7,10-11H2,1H3,(H,17,18). The van der Waals surface area contributed by atoms with Gasteiger partial charge in [0, 0.05) is 23.8 Å². The predicted molar refractivity (Wildman–Crippen MR) is 80.6 cm³/mol. The van der Waals surface area contributed by atoms with Gasteiger partial charge in [-0.25, -0.2) is 0 Å². The van der Waals surface area contributed by atoms with Crippen molar-refractivity contribution in [2.75, 3.05) is 12.3 Å². The molecule has 2 N–H and O–H groups in total. The fourth-order valence-corrected chi connectivity index (χ4v) is 3.09. The van der Waals surface area contributed by atoms with Crippen molar-refractivity contribution in [3.8, 4) is 0 Å². The number of carbonyl (C=O) groups is 1. The van der Waals surface area contributed by atoms with Crippen LogP contribution in [-0.4, -0.2) is 33.9 Å². The number of thioether (sulfide) groups is 1. The number of amides is 1. The van der Waals surface area contributed by atoms with Crippen LogP contribution in [0.15, 0.2) is 29.4 Å². The number of carbonyl (C=O) groups excluding carboxylic acids is 1. The summed E-state index contributed by atoms with van der Waals surface area (Å²) in [5.41, 5.74) is -0.705. The minimum atomic E-state index is -0.705. The van der Waals surface area contributed by atoms with Crippen LogP contribution < -0.4 is 5.32 Å². The molecule has 1 aliphatic carbocycles. The molecule has 0 unspecified atom stereocenters. The Labute approximate surface area is 124 Å². The van der Waals surface area contributed by atoms with Crippen molar-refractivity contribution in [2.45, 2.75) is 43.1 Å². The number of aliphatic hydroxyl groups is 1. The second-order valence-corrected chi connectivity index (χ2v) is 6.70. The van der Waals surface area contributed by atoms with E-state index in [4.69, 9.17) is 0 Å². The summed E-state index contributed by atoms with van der Waals surface area (Å²) in [5.74, 6) is 1.03. The Morgan fingerprint density at radius 2 is 2.10 bits per heavy atom. The predicted octanol–water partition coefficient (Wildman–Crippen LogP) is 2.23. The van der Waals surface area contributed by atoms with E-state index in [1.807, 2.05) is 12.1 Å². The number of pyridine rings is 1. The van der Waals surface area contributed by atoms with E-state index in [1.165, 1.54) is 11.8 Å². The minimum Gasteiger partial charge on any atom is -0.388 e. The van der Waals surface area contributed by atoms with Gasteiger partial charge in [0.25, 0.3) is 0 Å². The molecule has 0 atom stereocenters. The van der Waals surface area contributed by atoms with E-state index >= 15 is 0 Å². The molecule has 0 aromatic carbocycles. The molecule has 20 heavy (non-hydrogen) atoms. The van der Waals surface area contributed by atoms with Crippen LogP contribution in [-0.2, 0) is 4.79 Å². The highest BCUT2D eigenvalue weighted by Crippen LogP contribution is 2.31. The molecule has 110 valence electrons. The lowest BCUT2D eigenvalue weighted by Crippen LogP contribution is -2.45. The Balaban J connectivity index is 1.70. The molecule has 1 heterocycles. The zero-order valence-electron chi connectivity index (χ0n) is 11.8. The highest BCUT2D eigenvalue weighted by molar-refractivity contribution is 8.00. The van der Waals surface area contributed by atoms with Crippen molar-refractivity contribution in [2.24, 2.45) is 5.92 Å². The zero-order valence-corrected chi connectivity index (χ0v) is 12.7. The Morgan fingerprint density at radius 1 is 1.45 bits per heavy atom. The first-order valence-corrected chi connectivity index (χ1v) is 8.08. The van der Waals surface area contributed by atoms with Crippen molar-refractivity contribution in [1.82, 2.24) is 10.3 Å². The van der Waals surface area contributed by atoms with E-state index in [2.05, 4.69) is 17.2 Å². The summed E-state index contributed by atoms with van der Waals surface area (Å²) in [7, 11) is 0. The van der Waals surface area contributed by atoms with Crippen LogP contribution in [0.2, 0.25) is 0 Å². The molecule has 0 bridgehead atoms. The van der Waals surface area contributed by atoms with Crippen LogP contribution in [0.1, 0.15) is 32.6 Å². The molecular weight excluding hydrogens is 272 g/mol. The second-order valence-electron chi connectivity index (χ2n) is 5.66. The summed E-state index contributed by atoms with van der Waals surface area (Å²) in [6.45, 7) is 2.58. The third-order valence-corrected chi connectivity index (χ3v) is 4.85. The molecule has 1 amide bonds. The SMILES string of the molecule is CC1CCC(O)(CNC(=O)CSc2ccncc2)CC1. The summed E-state index contributed by atoms with van der Waals surface area (Å²) in [5, 5.41) is 13.2. The average molecular weight is 294 g/mol. The van der Waals surface area contributed by atoms with Gasteiger partial charge in [-0.2, -0.15) is 0 Å². The molecule has 2 rings (SSSR count). The number of aromatic nitrogens is 1. The molecule has 1 aromatic heterocycles. The summed E-state index contributed by atoms with van der Waals surface area (Å²) < 4.78 is 0. The van der Waals surface area contributed by atoms with E-state index in [1.54, 1.807) is 12.4 Å². The number of hydrogen-bond donors (Lipinski definition) is 2. The highest BCUT2D eigenvalue weighted by atomic mass is 32.2. The van der Waals surface area contributed by atoms with E-state index in [-0.39, 0.29) is 5.91 Å². The topological polar surface area (TPSA) is 62.2 Å². The number of rotatable bonds is 5. The monoisotopic (exact) mass is 294 g/mol. The molecule has 5 heteroatoms. The van der Waals surface area contributed by atoms with Crippen LogP contribution >= 0.6 is 11.8 Å². The second kappa shape index (κ2) is 7.09. The number of nitrogens with one attached hydrogen (secondary N) is 1. The van der Waals surface area contributed by atoms with Gasteiger partial charge in [0.2, 0.25) is 5.91 Å². The largest absolute Gasteiger partial charge is 0.388 e. The van der Waals surface area contributed by atoms with Crippen LogP contribution in [0.5, 0.6) is 0 Å². The van der Waals surface area contributed by atoms with Crippen molar-refractivity contribution < 1.29 is 9.90 Å². The van der Waals surface area contributed by atoms with Crippen LogP contribution in [0.3, 0.4) is 0 Å². The molecule has 4 nitrogen and oxygen atoms in total. The average Bonchev–Trinajstić information content (AvgIpc) is 2.48. The highest BCUT2D eigenvalue weighted by Gasteiger charge is 2.31. The third-order valence-electron chi connectivity index (χ3n) is 3.84. The Bertz CT molecular complexity index is 431. The smallest absolute Gasteiger partial charge is 0.230 e. The Kier molecular flexibility index (Phi) is 5.43. The number of hydrogen-bond acceptors (Lipinski definition) is 4. The molecular formula is C15H22N2O2S. The first-order chi connectivity index (χ1) is 9.57. The normalized spacial score (nSPS) is 26.2. The Hall–Kier alpha value is -1.07. The van der Waals surface area contributed by atoms with Gasteiger partial charge < -0.3 is 10.4 Å². The fraction of sp³-hybridized carbons (Fsp3) is 0.600. The molecule has 0 aliphatic heterocycles. The van der Waals surface area contributed by atoms with Gasteiger partial charge in [0.15, 0.2) is 0 Å². The van der Waals surface area contributed by atoms with Gasteiger partial charge in [-0.15, -0.1) is 11.8 Å². The quantitative estimate of drug-likeness (QED) is 0.818.